The topological polar surface area (TPSA) is 113 Å². The maximum absolute atomic E-state index is 12.0. The van der Waals surface area contributed by atoms with E-state index in [-0.39, 0.29) is 15.9 Å². The van der Waals surface area contributed by atoms with Gasteiger partial charge in [0.05, 0.1) is 0 Å². The Morgan fingerprint density at radius 3 is 2.57 bits per heavy atom. The van der Waals surface area contributed by atoms with Crippen LogP contribution >= 0.6 is 23.1 Å². The van der Waals surface area contributed by atoms with Crippen molar-refractivity contribution in [3.05, 3.63) is 40.4 Å². The average molecular weight is 369 g/mol. The van der Waals surface area contributed by atoms with Crippen LogP contribution in [-0.4, -0.2) is 29.9 Å². The summed E-state index contributed by atoms with van der Waals surface area (Å²) in [5, 5.41) is 11.6. The molecule has 0 saturated heterocycles. The van der Waals surface area contributed by atoms with E-state index < -0.39 is 15.7 Å². The zero-order valence-corrected chi connectivity index (χ0v) is 14.0. The lowest BCUT2D eigenvalue weighted by atomic mass is 10.1. The Hall–Kier alpha value is -2.28. The smallest absolute Gasteiger partial charge is 0.268 e. The summed E-state index contributed by atoms with van der Waals surface area (Å²) in [7, 11) is -3.55. The van der Waals surface area contributed by atoms with Crippen LogP contribution < -0.4 is 5.32 Å². The fourth-order valence-electron chi connectivity index (χ4n) is 1.45. The Labute approximate surface area is 141 Å². The summed E-state index contributed by atoms with van der Waals surface area (Å²) in [5.74, 6) is -0.710. The Bertz CT molecular complexity index is 911. The summed E-state index contributed by atoms with van der Waals surface area (Å²) in [6, 6.07) is 8.34. The van der Waals surface area contributed by atoms with Crippen molar-refractivity contribution in [2.45, 2.75) is 5.16 Å². The minimum absolute atomic E-state index is 0.00678. The molecule has 0 unspecified atom stereocenters. The predicted molar refractivity (Wildman–Crippen MR) is 86.7 cm³/mol. The minimum Gasteiger partial charge on any atom is -0.296 e. The molecule has 1 aromatic carbocycles. The molecule has 0 fully saturated rings. The first-order valence-electron chi connectivity index (χ1n) is 6.02. The molecule has 118 valence electrons. The Morgan fingerprint density at radius 1 is 1.39 bits per heavy atom. The monoisotopic (exact) mass is 368 g/mol. The maximum atomic E-state index is 12.0. The highest BCUT2D eigenvalue weighted by atomic mass is 35.5. The first-order valence-corrected chi connectivity index (χ1v) is 9.06. The molecule has 0 aliphatic carbocycles. The van der Waals surface area contributed by atoms with E-state index in [2.05, 4.69) is 14.7 Å². The molecule has 10 heteroatoms. The number of rotatable bonds is 4. The summed E-state index contributed by atoms with van der Waals surface area (Å²) in [5.41, 5.74) is 0.457. The molecule has 1 N–H and O–H groups in total. The van der Waals surface area contributed by atoms with E-state index in [1.165, 1.54) is 6.08 Å². The van der Waals surface area contributed by atoms with Gasteiger partial charge in [0.2, 0.25) is 15.0 Å². The van der Waals surface area contributed by atoms with E-state index in [9.17, 15) is 13.2 Å². The van der Waals surface area contributed by atoms with Crippen LogP contribution in [0.25, 0.3) is 6.08 Å². The first kappa shape index (κ1) is 17.1. The molecule has 0 aliphatic rings. The van der Waals surface area contributed by atoms with Gasteiger partial charge in [-0.25, -0.2) is 8.42 Å². The summed E-state index contributed by atoms with van der Waals surface area (Å²) in [6.07, 6.45) is 2.34. The molecule has 1 heterocycles. The quantitative estimate of drug-likeness (QED) is 0.653. The van der Waals surface area contributed by atoms with Gasteiger partial charge in [-0.05, 0) is 23.8 Å². The second-order valence-corrected chi connectivity index (χ2v) is 7.43. The number of nitrogens with zero attached hydrogens (tertiary/aromatic N) is 3. The molecule has 0 atom stereocenters. The van der Waals surface area contributed by atoms with Crippen LogP contribution in [0.4, 0.5) is 5.13 Å². The molecule has 0 radical (unpaired) electrons. The van der Waals surface area contributed by atoms with E-state index in [1.54, 1.807) is 30.3 Å². The predicted octanol–water partition coefficient (Wildman–Crippen LogP) is 2.14. The third kappa shape index (κ3) is 4.59. The minimum atomic E-state index is -3.55. The number of hydrogen-bond acceptors (Lipinski definition) is 7. The van der Waals surface area contributed by atoms with Crippen molar-refractivity contribution in [1.82, 2.24) is 9.36 Å². The summed E-state index contributed by atoms with van der Waals surface area (Å²) < 4.78 is 26.2. The molecule has 0 saturated carbocycles. The number of amides is 1. The van der Waals surface area contributed by atoms with Crippen molar-refractivity contribution < 1.29 is 13.2 Å². The molecule has 1 aromatic heterocycles. The van der Waals surface area contributed by atoms with Gasteiger partial charge in [-0.1, -0.05) is 23.7 Å². The maximum Gasteiger partial charge on any atom is 0.268 e. The van der Waals surface area contributed by atoms with E-state index in [1.807, 2.05) is 0 Å². The Kier molecular flexibility index (Phi) is 5.10. The standard InChI is InChI=1S/C13H9ClN4O3S2/c1-23(20,21)13-17-12(22-18-13)16-11(19)9(7-15)6-8-2-4-10(14)5-3-8/h2-6H,1H3,(H,16,17,18,19). The number of anilines is 1. The van der Waals surface area contributed by atoms with Crippen molar-refractivity contribution >= 4 is 50.1 Å². The highest BCUT2D eigenvalue weighted by Crippen LogP contribution is 2.17. The number of carbonyl (C=O) groups is 1. The van der Waals surface area contributed by atoms with Gasteiger partial charge in [0, 0.05) is 22.8 Å². The number of hydrogen-bond donors (Lipinski definition) is 1. The van der Waals surface area contributed by atoms with Crippen molar-refractivity contribution in [1.29, 1.82) is 5.26 Å². The molecule has 0 bridgehead atoms. The van der Waals surface area contributed by atoms with Crippen molar-refractivity contribution in [2.75, 3.05) is 11.6 Å². The largest absolute Gasteiger partial charge is 0.296 e. The van der Waals surface area contributed by atoms with Crippen LogP contribution in [0.3, 0.4) is 0 Å². The van der Waals surface area contributed by atoms with Gasteiger partial charge >= 0.3 is 0 Å². The fraction of sp³-hybridized carbons (Fsp3) is 0.0769. The normalized spacial score (nSPS) is 11.8. The molecule has 23 heavy (non-hydrogen) atoms. The van der Waals surface area contributed by atoms with Crippen LogP contribution in [-0.2, 0) is 14.6 Å². The van der Waals surface area contributed by atoms with Crippen molar-refractivity contribution in [3.8, 4) is 6.07 Å². The molecule has 0 aliphatic heterocycles. The zero-order valence-electron chi connectivity index (χ0n) is 11.6. The van der Waals surface area contributed by atoms with Crippen molar-refractivity contribution in [2.24, 2.45) is 0 Å². The molecule has 0 spiro atoms. The molecular weight excluding hydrogens is 360 g/mol. The van der Waals surface area contributed by atoms with Crippen LogP contribution in [0, 0.1) is 11.3 Å². The number of carbonyl (C=O) groups excluding carboxylic acids is 1. The van der Waals surface area contributed by atoms with Crippen molar-refractivity contribution in [3.63, 3.8) is 0 Å². The molecule has 2 aromatic rings. The number of sulfone groups is 1. The van der Waals surface area contributed by atoms with Crippen LogP contribution in [0.2, 0.25) is 5.02 Å². The number of halogens is 1. The number of nitrogens with one attached hydrogen (secondary N) is 1. The highest BCUT2D eigenvalue weighted by molar-refractivity contribution is 7.90. The van der Waals surface area contributed by atoms with E-state index >= 15 is 0 Å². The third-order valence-electron chi connectivity index (χ3n) is 2.51. The average Bonchev–Trinajstić information content (AvgIpc) is 2.95. The number of aromatic nitrogens is 2. The zero-order chi connectivity index (χ0) is 17.0. The molecule has 1 amide bonds. The van der Waals surface area contributed by atoms with E-state index in [0.29, 0.717) is 22.1 Å². The molecular formula is C13H9ClN4O3S2. The van der Waals surface area contributed by atoms with Gasteiger partial charge in [0.25, 0.3) is 11.1 Å². The van der Waals surface area contributed by atoms with E-state index in [0.717, 1.165) is 6.26 Å². The van der Waals surface area contributed by atoms with Gasteiger partial charge in [0.15, 0.2) is 0 Å². The van der Waals surface area contributed by atoms with E-state index in [4.69, 9.17) is 16.9 Å². The Morgan fingerprint density at radius 2 is 2.04 bits per heavy atom. The third-order valence-corrected chi connectivity index (χ3v) is 4.35. The first-order chi connectivity index (χ1) is 10.8. The molecule has 7 nitrogen and oxygen atoms in total. The Balaban J connectivity index is 2.19. The van der Waals surface area contributed by atoms with Gasteiger partial charge in [0.1, 0.15) is 11.6 Å². The van der Waals surface area contributed by atoms with Gasteiger partial charge in [-0.3, -0.25) is 10.1 Å². The highest BCUT2D eigenvalue weighted by Gasteiger charge is 2.17. The lowest BCUT2D eigenvalue weighted by Gasteiger charge is -2.00. The SMILES string of the molecule is CS(=O)(=O)c1nsc(NC(=O)C(C#N)=Cc2ccc(Cl)cc2)n1. The summed E-state index contributed by atoms with van der Waals surface area (Å²) >= 11 is 6.48. The van der Waals surface area contributed by atoms with Gasteiger partial charge in [-0.2, -0.15) is 14.6 Å². The van der Waals surface area contributed by atoms with Crippen LogP contribution in [0.15, 0.2) is 35.0 Å². The van der Waals surface area contributed by atoms with Gasteiger partial charge < -0.3 is 0 Å². The van der Waals surface area contributed by atoms with Gasteiger partial charge in [-0.15, -0.1) is 0 Å². The summed E-state index contributed by atoms with van der Waals surface area (Å²) in [4.78, 5) is 15.7. The second-order valence-electron chi connectivity index (χ2n) is 4.33. The van der Waals surface area contributed by atoms with Crippen LogP contribution in [0.1, 0.15) is 5.56 Å². The van der Waals surface area contributed by atoms with Crippen LogP contribution in [0.5, 0.6) is 0 Å². The summed E-state index contributed by atoms with van der Waals surface area (Å²) in [6.45, 7) is 0. The second kappa shape index (κ2) is 6.87. The molecule has 2 rings (SSSR count). The number of nitriles is 1. The fourth-order valence-corrected chi connectivity index (χ4v) is 3.02. The lowest BCUT2D eigenvalue weighted by Crippen LogP contribution is -2.13. The lowest BCUT2D eigenvalue weighted by molar-refractivity contribution is -0.112. The number of benzene rings is 1.